The first-order chi connectivity index (χ1) is 5.68. The van der Waals surface area contributed by atoms with Crippen molar-refractivity contribution in [1.82, 2.24) is 9.38 Å². The Kier molecular flexibility index (Phi) is 2.58. The number of hydrogen-bond donors (Lipinski definition) is 1. The van der Waals surface area contributed by atoms with Crippen LogP contribution in [-0.4, -0.2) is 9.38 Å². The van der Waals surface area contributed by atoms with Crippen LogP contribution in [0.1, 0.15) is 5.69 Å². The van der Waals surface area contributed by atoms with Gasteiger partial charge < -0.3 is 5.73 Å². The van der Waals surface area contributed by atoms with Gasteiger partial charge >= 0.3 is 0 Å². The monoisotopic (exact) mass is 217 g/mol. The average molecular weight is 218 g/mol. The first kappa shape index (κ1) is 10.0. The second-order valence-corrected chi connectivity index (χ2v) is 3.35. The van der Waals surface area contributed by atoms with Crippen LogP contribution in [0.25, 0.3) is 4.96 Å². The van der Waals surface area contributed by atoms with E-state index in [1.165, 1.54) is 17.4 Å². The average Bonchev–Trinajstić information content (AvgIpc) is 2.31. The van der Waals surface area contributed by atoms with E-state index in [0.717, 1.165) is 5.69 Å². The van der Waals surface area contributed by atoms with Crippen molar-refractivity contribution in [2.24, 2.45) is 0 Å². The summed E-state index contributed by atoms with van der Waals surface area (Å²) in [4.78, 5) is 15.4. The summed E-state index contributed by atoms with van der Waals surface area (Å²) < 4.78 is 1.76. The molecule has 0 spiro atoms. The minimum Gasteiger partial charge on any atom is -0.385 e. The third kappa shape index (κ3) is 1.52. The summed E-state index contributed by atoms with van der Waals surface area (Å²) in [5, 5.41) is 1.91. The zero-order valence-corrected chi connectivity index (χ0v) is 8.48. The van der Waals surface area contributed by atoms with E-state index in [2.05, 4.69) is 4.98 Å². The minimum absolute atomic E-state index is 0. The van der Waals surface area contributed by atoms with Gasteiger partial charge in [0.1, 0.15) is 5.82 Å². The molecule has 0 radical (unpaired) electrons. The highest BCUT2D eigenvalue weighted by Crippen LogP contribution is 2.14. The zero-order valence-electron chi connectivity index (χ0n) is 6.85. The van der Waals surface area contributed by atoms with Crippen LogP contribution in [0.5, 0.6) is 0 Å². The highest BCUT2D eigenvalue weighted by Gasteiger charge is 2.03. The standard InChI is InChI=1S/C7H7N3OS.ClH/c1-4-3-12-7-9-6(11)2-5(8)10(4)7;/h2-3H,8H2,1H3;1H. The fourth-order valence-corrected chi connectivity index (χ4v) is 1.98. The Labute approximate surface area is 84.4 Å². The molecule has 0 unspecified atom stereocenters. The highest BCUT2D eigenvalue weighted by atomic mass is 35.5. The van der Waals surface area contributed by atoms with E-state index in [0.29, 0.717) is 10.8 Å². The van der Waals surface area contributed by atoms with Crippen molar-refractivity contribution in [3.8, 4) is 0 Å². The molecule has 0 fully saturated rings. The van der Waals surface area contributed by atoms with Crippen LogP contribution >= 0.6 is 23.7 Å². The minimum atomic E-state index is -0.283. The Hall–Kier alpha value is -1.07. The number of nitrogens with two attached hydrogens (primary N) is 1. The first-order valence-corrected chi connectivity index (χ1v) is 4.30. The van der Waals surface area contributed by atoms with Gasteiger partial charge in [-0.15, -0.1) is 23.7 Å². The van der Waals surface area contributed by atoms with E-state index in [1.54, 1.807) is 4.40 Å². The Balaban J connectivity index is 0.000000845. The predicted molar refractivity (Wildman–Crippen MR) is 55.7 cm³/mol. The van der Waals surface area contributed by atoms with Crippen molar-refractivity contribution in [2.75, 3.05) is 5.73 Å². The third-order valence-corrected chi connectivity index (χ3v) is 2.56. The molecular weight excluding hydrogens is 210 g/mol. The van der Waals surface area contributed by atoms with E-state index >= 15 is 0 Å². The van der Waals surface area contributed by atoms with Crippen LogP contribution in [0.15, 0.2) is 16.2 Å². The van der Waals surface area contributed by atoms with Crippen molar-refractivity contribution in [2.45, 2.75) is 6.92 Å². The van der Waals surface area contributed by atoms with E-state index in [1.807, 2.05) is 12.3 Å². The van der Waals surface area contributed by atoms with Gasteiger partial charge in [0.05, 0.1) is 0 Å². The fourth-order valence-electron chi connectivity index (χ4n) is 1.10. The third-order valence-electron chi connectivity index (χ3n) is 1.61. The summed E-state index contributed by atoms with van der Waals surface area (Å²) in [5.41, 5.74) is 6.35. The Bertz CT molecular complexity index is 490. The molecule has 0 aliphatic rings. The number of nitrogens with zero attached hydrogens (tertiary/aromatic N) is 2. The molecule has 13 heavy (non-hydrogen) atoms. The maximum Gasteiger partial charge on any atom is 0.276 e. The van der Waals surface area contributed by atoms with Crippen LogP contribution in [0.2, 0.25) is 0 Å². The molecule has 0 aliphatic heterocycles. The van der Waals surface area contributed by atoms with Crippen LogP contribution in [0.3, 0.4) is 0 Å². The van der Waals surface area contributed by atoms with E-state index in [9.17, 15) is 4.79 Å². The molecular formula is C7H8ClN3OS. The number of halogens is 1. The first-order valence-electron chi connectivity index (χ1n) is 3.42. The normalized spacial score (nSPS) is 9.92. The molecule has 4 nitrogen and oxygen atoms in total. The van der Waals surface area contributed by atoms with Crippen molar-refractivity contribution >= 4 is 34.5 Å². The molecule has 0 amide bonds. The molecule has 6 heteroatoms. The lowest BCUT2D eigenvalue weighted by atomic mass is 10.5. The highest BCUT2D eigenvalue weighted by molar-refractivity contribution is 7.15. The second kappa shape index (κ2) is 3.35. The molecule has 70 valence electrons. The van der Waals surface area contributed by atoms with Gasteiger partial charge in [0.15, 0.2) is 4.96 Å². The molecule has 0 atom stereocenters. The van der Waals surface area contributed by atoms with E-state index in [-0.39, 0.29) is 18.0 Å². The number of aromatic nitrogens is 2. The van der Waals surface area contributed by atoms with Crippen LogP contribution in [-0.2, 0) is 0 Å². The molecule has 0 aliphatic carbocycles. The number of hydrogen-bond acceptors (Lipinski definition) is 4. The number of aryl methyl sites for hydroxylation is 1. The summed E-state index contributed by atoms with van der Waals surface area (Å²) in [7, 11) is 0. The number of nitrogen functional groups attached to an aromatic ring is 1. The molecule has 0 bridgehead atoms. The van der Waals surface area contributed by atoms with Gasteiger partial charge in [-0.2, -0.15) is 4.98 Å². The van der Waals surface area contributed by atoms with Crippen molar-refractivity contribution < 1.29 is 0 Å². The number of anilines is 1. The fraction of sp³-hybridized carbons (Fsp3) is 0.143. The quantitative estimate of drug-likeness (QED) is 0.718. The van der Waals surface area contributed by atoms with Gasteiger partial charge in [-0.1, -0.05) is 0 Å². The summed E-state index contributed by atoms with van der Waals surface area (Å²) in [6, 6.07) is 1.33. The predicted octanol–water partition coefficient (Wildman–Crippen LogP) is 1.07. The second-order valence-electron chi connectivity index (χ2n) is 2.51. The number of rotatable bonds is 0. The molecule has 2 rings (SSSR count). The van der Waals surface area contributed by atoms with Gasteiger partial charge in [0, 0.05) is 17.1 Å². The van der Waals surface area contributed by atoms with Gasteiger partial charge in [-0.25, -0.2) is 0 Å². The van der Waals surface area contributed by atoms with Gasteiger partial charge in [-0.3, -0.25) is 9.20 Å². The smallest absolute Gasteiger partial charge is 0.276 e. The van der Waals surface area contributed by atoms with Crippen molar-refractivity contribution in [3.05, 3.63) is 27.5 Å². The van der Waals surface area contributed by atoms with E-state index in [4.69, 9.17) is 5.73 Å². The lowest BCUT2D eigenvalue weighted by Gasteiger charge is -1.98. The topological polar surface area (TPSA) is 60.4 Å². The largest absolute Gasteiger partial charge is 0.385 e. The molecule has 2 heterocycles. The maximum absolute atomic E-state index is 10.9. The zero-order chi connectivity index (χ0) is 8.72. The van der Waals surface area contributed by atoms with Gasteiger partial charge in [0.25, 0.3) is 5.56 Å². The van der Waals surface area contributed by atoms with Gasteiger partial charge in [0.2, 0.25) is 0 Å². The van der Waals surface area contributed by atoms with E-state index < -0.39 is 0 Å². The number of thiazole rings is 1. The molecule has 2 aromatic rings. The SMILES string of the molecule is Cc1csc2nc(=O)cc(N)n12.Cl. The number of fused-ring (bicyclic) bond motifs is 1. The van der Waals surface area contributed by atoms with Crippen LogP contribution in [0.4, 0.5) is 5.82 Å². The molecule has 0 saturated carbocycles. The molecule has 0 saturated heterocycles. The van der Waals surface area contributed by atoms with Gasteiger partial charge in [-0.05, 0) is 6.92 Å². The summed E-state index contributed by atoms with van der Waals surface area (Å²) in [6.07, 6.45) is 0. The van der Waals surface area contributed by atoms with Crippen molar-refractivity contribution in [1.29, 1.82) is 0 Å². The summed E-state index contributed by atoms with van der Waals surface area (Å²) in [6.45, 7) is 1.92. The lowest BCUT2D eigenvalue weighted by molar-refractivity contribution is 1.07. The Morgan fingerprint density at radius 2 is 2.31 bits per heavy atom. The maximum atomic E-state index is 10.9. The van der Waals surface area contributed by atoms with Crippen molar-refractivity contribution in [3.63, 3.8) is 0 Å². The molecule has 2 N–H and O–H groups in total. The Morgan fingerprint density at radius 3 is 3.00 bits per heavy atom. The lowest BCUT2D eigenvalue weighted by Crippen LogP contribution is -2.10. The molecule has 2 aromatic heterocycles. The van der Waals surface area contributed by atoms with Crippen LogP contribution < -0.4 is 11.3 Å². The molecule has 0 aromatic carbocycles. The Morgan fingerprint density at radius 1 is 1.62 bits per heavy atom. The summed E-state index contributed by atoms with van der Waals surface area (Å²) in [5.74, 6) is 0.448. The van der Waals surface area contributed by atoms with Crippen LogP contribution in [0, 0.1) is 6.92 Å². The summed E-state index contributed by atoms with van der Waals surface area (Å²) >= 11 is 1.41.